The Hall–Kier alpha value is -0.760. The van der Waals surface area contributed by atoms with Gasteiger partial charge in [-0.05, 0) is 62.2 Å². The van der Waals surface area contributed by atoms with Crippen LogP contribution in [0, 0.1) is 18.8 Å². The molecule has 2 heterocycles. The molecular weight excluding hydrogens is 172 g/mol. The first-order valence-corrected chi connectivity index (χ1v) is 5.71. The topological polar surface area (TPSA) is 27.8 Å². The monoisotopic (exact) mass is 190 g/mol. The Balaban J connectivity index is 1.92. The molecule has 2 unspecified atom stereocenters. The molecule has 1 aromatic rings. The van der Waals surface area contributed by atoms with Crippen LogP contribution in [0.25, 0.3) is 0 Å². The van der Waals surface area contributed by atoms with Gasteiger partial charge < -0.3 is 10.3 Å². The van der Waals surface area contributed by atoms with Crippen molar-refractivity contribution in [3.05, 3.63) is 23.0 Å². The quantitative estimate of drug-likeness (QED) is 0.639. The lowest BCUT2D eigenvalue weighted by Gasteiger charge is -2.36. The number of nitrogens with one attached hydrogen (secondary N) is 2. The van der Waals surface area contributed by atoms with E-state index < -0.39 is 0 Å². The molecule has 2 atom stereocenters. The number of hydrogen-bond donors (Lipinski definition) is 2. The third-order valence-electron chi connectivity index (χ3n) is 4.00. The van der Waals surface area contributed by atoms with Crippen molar-refractivity contribution in [1.82, 2.24) is 10.3 Å². The van der Waals surface area contributed by atoms with Crippen LogP contribution in [0.2, 0.25) is 0 Å². The van der Waals surface area contributed by atoms with Gasteiger partial charge in [-0.1, -0.05) is 0 Å². The lowest BCUT2D eigenvalue weighted by Crippen LogP contribution is -2.40. The third kappa shape index (κ3) is 1.21. The van der Waals surface area contributed by atoms with Gasteiger partial charge in [0.05, 0.1) is 0 Å². The van der Waals surface area contributed by atoms with Crippen LogP contribution in [0.1, 0.15) is 23.2 Å². The number of aromatic nitrogens is 1. The summed E-state index contributed by atoms with van der Waals surface area (Å²) in [5, 5.41) is 3.52. The predicted molar refractivity (Wildman–Crippen MR) is 57.4 cm³/mol. The van der Waals surface area contributed by atoms with Gasteiger partial charge in [0.2, 0.25) is 0 Å². The van der Waals surface area contributed by atoms with E-state index in [0.29, 0.717) is 0 Å². The van der Waals surface area contributed by atoms with Crippen LogP contribution < -0.4 is 5.32 Å². The van der Waals surface area contributed by atoms with E-state index in [4.69, 9.17) is 0 Å². The molecule has 1 aromatic heterocycles. The summed E-state index contributed by atoms with van der Waals surface area (Å²) in [5.74, 6) is 1.83. The molecule has 2 heteroatoms. The molecule has 0 bridgehead atoms. The van der Waals surface area contributed by atoms with Crippen molar-refractivity contribution in [2.45, 2.75) is 26.2 Å². The summed E-state index contributed by atoms with van der Waals surface area (Å²) in [4.78, 5) is 3.44. The number of fused-ring (bicyclic) bond motifs is 2. The Bertz CT molecular complexity index is 340. The van der Waals surface area contributed by atoms with Gasteiger partial charge in [-0.2, -0.15) is 0 Å². The molecule has 0 amide bonds. The first-order chi connectivity index (χ1) is 6.84. The molecule has 0 spiro atoms. The molecule has 76 valence electrons. The molecule has 2 nitrogen and oxygen atoms in total. The zero-order valence-electron chi connectivity index (χ0n) is 8.77. The smallest absolute Gasteiger partial charge is 0.0185 e. The van der Waals surface area contributed by atoms with Gasteiger partial charge in [0.25, 0.3) is 0 Å². The van der Waals surface area contributed by atoms with Crippen LogP contribution in [0.15, 0.2) is 6.20 Å². The molecule has 2 N–H and O–H groups in total. The van der Waals surface area contributed by atoms with Crippen LogP contribution in [-0.2, 0) is 12.8 Å². The maximum Gasteiger partial charge on any atom is 0.0185 e. The average molecular weight is 190 g/mol. The molecule has 0 aromatic carbocycles. The summed E-state index contributed by atoms with van der Waals surface area (Å²) in [6.07, 6.45) is 6.12. The highest BCUT2D eigenvalue weighted by atomic mass is 14.9. The zero-order chi connectivity index (χ0) is 9.54. The SMILES string of the molecule is Cc1c[nH]c2c1CC1CNCCC1C2. The van der Waals surface area contributed by atoms with Crippen molar-refractivity contribution in [1.29, 1.82) is 0 Å². The van der Waals surface area contributed by atoms with E-state index in [1.165, 1.54) is 43.6 Å². The van der Waals surface area contributed by atoms with Crippen molar-refractivity contribution in [2.24, 2.45) is 11.8 Å². The van der Waals surface area contributed by atoms with Gasteiger partial charge in [-0.25, -0.2) is 0 Å². The van der Waals surface area contributed by atoms with Crippen molar-refractivity contribution in [2.75, 3.05) is 13.1 Å². The number of H-pyrrole nitrogens is 1. The second kappa shape index (κ2) is 3.13. The second-order valence-corrected chi connectivity index (χ2v) is 4.85. The molecule has 14 heavy (non-hydrogen) atoms. The molecule has 1 saturated heterocycles. The molecule has 1 aliphatic carbocycles. The van der Waals surface area contributed by atoms with E-state index in [1.807, 2.05) is 0 Å². The Kier molecular flexibility index (Phi) is 1.91. The highest BCUT2D eigenvalue weighted by Gasteiger charge is 2.31. The second-order valence-electron chi connectivity index (χ2n) is 4.85. The summed E-state index contributed by atoms with van der Waals surface area (Å²) < 4.78 is 0. The van der Waals surface area contributed by atoms with Gasteiger partial charge in [0.1, 0.15) is 0 Å². The summed E-state index contributed by atoms with van der Waals surface area (Å²) in [5.41, 5.74) is 4.59. The van der Waals surface area contributed by atoms with E-state index in [1.54, 1.807) is 5.56 Å². The lowest BCUT2D eigenvalue weighted by atomic mass is 9.74. The molecule has 3 rings (SSSR count). The molecule has 1 aliphatic heterocycles. The van der Waals surface area contributed by atoms with Crippen LogP contribution in [0.4, 0.5) is 0 Å². The summed E-state index contributed by atoms with van der Waals surface area (Å²) in [7, 11) is 0. The molecule has 0 radical (unpaired) electrons. The largest absolute Gasteiger partial charge is 0.364 e. The van der Waals surface area contributed by atoms with Crippen molar-refractivity contribution in [3.63, 3.8) is 0 Å². The highest BCUT2D eigenvalue weighted by Crippen LogP contribution is 2.34. The predicted octanol–water partition coefficient (Wildman–Crippen LogP) is 1.65. The fourth-order valence-corrected chi connectivity index (χ4v) is 3.08. The van der Waals surface area contributed by atoms with Crippen molar-refractivity contribution < 1.29 is 0 Å². The highest BCUT2D eigenvalue weighted by molar-refractivity contribution is 5.33. The van der Waals surface area contributed by atoms with Crippen molar-refractivity contribution in [3.8, 4) is 0 Å². The Morgan fingerprint density at radius 1 is 1.29 bits per heavy atom. The average Bonchev–Trinajstić information content (AvgIpc) is 2.57. The van der Waals surface area contributed by atoms with Crippen LogP contribution >= 0.6 is 0 Å². The van der Waals surface area contributed by atoms with Gasteiger partial charge in [0, 0.05) is 11.9 Å². The van der Waals surface area contributed by atoms with E-state index in [9.17, 15) is 0 Å². The van der Waals surface area contributed by atoms with Crippen LogP contribution in [-0.4, -0.2) is 18.1 Å². The summed E-state index contributed by atoms with van der Waals surface area (Å²) >= 11 is 0. The number of aromatic amines is 1. The molecule has 2 aliphatic rings. The summed E-state index contributed by atoms with van der Waals surface area (Å²) in [6.45, 7) is 4.68. The van der Waals surface area contributed by atoms with Gasteiger partial charge in [0.15, 0.2) is 0 Å². The van der Waals surface area contributed by atoms with E-state index in [0.717, 1.165) is 11.8 Å². The number of piperidine rings is 1. The zero-order valence-corrected chi connectivity index (χ0v) is 8.77. The van der Waals surface area contributed by atoms with Crippen molar-refractivity contribution >= 4 is 0 Å². The minimum atomic E-state index is 0.894. The standard InChI is InChI=1S/C12H18N2/c1-8-6-14-12-5-9-2-3-13-7-10(9)4-11(8)12/h6,9-10,13-14H,2-5,7H2,1H3. The van der Waals surface area contributed by atoms with Gasteiger partial charge in [-0.15, -0.1) is 0 Å². The minimum absolute atomic E-state index is 0.894. The maximum atomic E-state index is 3.52. The minimum Gasteiger partial charge on any atom is -0.364 e. The van der Waals surface area contributed by atoms with Gasteiger partial charge >= 0.3 is 0 Å². The van der Waals surface area contributed by atoms with Gasteiger partial charge in [-0.3, -0.25) is 0 Å². The van der Waals surface area contributed by atoms with Crippen LogP contribution in [0.3, 0.4) is 0 Å². The van der Waals surface area contributed by atoms with E-state index in [2.05, 4.69) is 23.4 Å². The molecular formula is C12H18N2. The molecule has 0 saturated carbocycles. The Labute approximate surface area is 85.1 Å². The van der Waals surface area contributed by atoms with E-state index in [-0.39, 0.29) is 0 Å². The molecule has 1 fully saturated rings. The number of hydrogen-bond acceptors (Lipinski definition) is 1. The normalized spacial score (nSPS) is 30.9. The first kappa shape index (κ1) is 8.54. The fourth-order valence-electron chi connectivity index (χ4n) is 3.08. The Morgan fingerprint density at radius 3 is 3.14 bits per heavy atom. The number of aryl methyl sites for hydroxylation is 1. The van der Waals surface area contributed by atoms with E-state index >= 15 is 0 Å². The fraction of sp³-hybridized carbons (Fsp3) is 0.667. The maximum absolute atomic E-state index is 3.52. The Morgan fingerprint density at radius 2 is 2.21 bits per heavy atom. The third-order valence-corrected chi connectivity index (χ3v) is 4.00. The van der Waals surface area contributed by atoms with Crippen LogP contribution in [0.5, 0.6) is 0 Å². The summed E-state index contributed by atoms with van der Waals surface area (Å²) in [6, 6.07) is 0. The first-order valence-electron chi connectivity index (χ1n) is 5.71. The number of rotatable bonds is 0. The lowest BCUT2D eigenvalue weighted by molar-refractivity contribution is 0.236.